The zero-order chi connectivity index (χ0) is 19.5. The number of hydrogen-bond donors (Lipinski definition) is 0. The average Bonchev–Trinajstić information content (AvgIpc) is 3.34. The van der Waals surface area contributed by atoms with E-state index in [9.17, 15) is 0 Å². The highest BCUT2D eigenvalue weighted by molar-refractivity contribution is 7.98. The first-order valence-corrected chi connectivity index (χ1v) is 9.96. The Bertz CT molecular complexity index is 1060. The van der Waals surface area contributed by atoms with Crippen LogP contribution < -0.4 is 0 Å². The summed E-state index contributed by atoms with van der Waals surface area (Å²) in [4.78, 5) is 8.53. The molecular weight excluding hydrogens is 372 g/mol. The van der Waals surface area contributed by atoms with Crippen LogP contribution in [0, 0.1) is 0 Å². The molecule has 7 nitrogen and oxygen atoms in total. The van der Waals surface area contributed by atoms with E-state index in [0.717, 1.165) is 22.1 Å². The van der Waals surface area contributed by atoms with Crippen LogP contribution >= 0.6 is 11.8 Å². The fourth-order valence-electron chi connectivity index (χ4n) is 2.77. The van der Waals surface area contributed by atoms with Crippen LogP contribution in [0.15, 0.2) is 58.5 Å². The van der Waals surface area contributed by atoms with E-state index in [0.29, 0.717) is 23.4 Å². The van der Waals surface area contributed by atoms with Crippen molar-refractivity contribution in [3.8, 4) is 22.8 Å². The molecule has 0 unspecified atom stereocenters. The highest BCUT2D eigenvalue weighted by Gasteiger charge is 2.14. The van der Waals surface area contributed by atoms with E-state index in [-0.39, 0.29) is 0 Å². The molecule has 0 bridgehead atoms. The molecule has 1 aromatic carbocycles. The molecular formula is C20H20N6OS. The third-order valence-corrected chi connectivity index (χ3v) is 5.41. The van der Waals surface area contributed by atoms with Gasteiger partial charge in [-0.15, -0.1) is 10.2 Å². The summed E-state index contributed by atoms with van der Waals surface area (Å²) in [6.45, 7) is 4.34. The van der Waals surface area contributed by atoms with Crippen LogP contribution in [0.25, 0.3) is 22.8 Å². The molecule has 28 heavy (non-hydrogen) atoms. The monoisotopic (exact) mass is 392 g/mol. The Kier molecular flexibility index (Phi) is 5.21. The third kappa shape index (κ3) is 3.82. The summed E-state index contributed by atoms with van der Waals surface area (Å²) in [5, 5.41) is 13.4. The van der Waals surface area contributed by atoms with Crippen LogP contribution in [0.4, 0.5) is 0 Å². The SMILES string of the molecule is CC(C)c1ccc(-c2noc(CSc3nnc(-c4ccncc4)n3C)n2)cc1. The largest absolute Gasteiger partial charge is 0.338 e. The predicted molar refractivity (Wildman–Crippen MR) is 108 cm³/mol. The van der Waals surface area contributed by atoms with Gasteiger partial charge in [-0.2, -0.15) is 4.98 Å². The van der Waals surface area contributed by atoms with Gasteiger partial charge < -0.3 is 9.09 Å². The molecule has 0 aliphatic rings. The van der Waals surface area contributed by atoms with Crippen molar-refractivity contribution in [1.82, 2.24) is 29.9 Å². The summed E-state index contributed by atoms with van der Waals surface area (Å²) >= 11 is 1.51. The number of rotatable bonds is 6. The fourth-order valence-corrected chi connectivity index (χ4v) is 3.52. The van der Waals surface area contributed by atoms with Crippen molar-refractivity contribution in [2.75, 3.05) is 0 Å². The minimum atomic E-state index is 0.495. The number of thioether (sulfide) groups is 1. The van der Waals surface area contributed by atoms with Crippen molar-refractivity contribution in [3.63, 3.8) is 0 Å². The molecule has 0 fully saturated rings. The fraction of sp³-hybridized carbons (Fsp3) is 0.250. The molecule has 0 radical (unpaired) electrons. The zero-order valence-corrected chi connectivity index (χ0v) is 16.7. The van der Waals surface area contributed by atoms with Crippen molar-refractivity contribution >= 4 is 11.8 Å². The second-order valence-electron chi connectivity index (χ2n) is 6.68. The molecule has 4 aromatic rings. The lowest BCUT2D eigenvalue weighted by Gasteiger charge is -2.04. The molecule has 142 valence electrons. The van der Waals surface area contributed by atoms with Gasteiger partial charge in [-0.25, -0.2) is 0 Å². The van der Waals surface area contributed by atoms with Crippen LogP contribution in [0.5, 0.6) is 0 Å². The van der Waals surface area contributed by atoms with E-state index in [2.05, 4.69) is 51.3 Å². The van der Waals surface area contributed by atoms with E-state index in [1.165, 1.54) is 17.3 Å². The summed E-state index contributed by atoms with van der Waals surface area (Å²) in [6.07, 6.45) is 3.48. The number of aromatic nitrogens is 6. The number of pyridine rings is 1. The van der Waals surface area contributed by atoms with E-state index in [1.54, 1.807) is 12.4 Å². The molecule has 0 saturated carbocycles. The lowest BCUT2D eigenvalue weighted by atomic mass is 10.0. The molecule has 3 heterocycles. The molecule has 4 rings (SSSR count). The second kappa shape index (κ2) is 7.93. The van der Waals surface area contributed by atoms with Crippen LogP contribution in [0.3, 0.4) is 0 Å². The Balaban J connectivity index is 1.45. The first-order valence-electron chi connectivity index (χ1n) is 8.97. The Hall–Kier alpha value is -3.00. The molecule has 0 N–H and O–H groups in total. The van der Waals surface area contributed by atoms with E-state index in [4.69, 9.17) is 4.52 Å². The van der Waals surface area contributed by atoms with Crippen LogP contribution in [0.1, 0.15) is 31.2 Å². The highest BCUT2D eigenvalue weighted by atomic mass is 32.2. The van der Waals surface area contributed by atoms with Crippen LogP contribution in [-0.2, 0) is 12.8 Å². The van der Waals surface area contributed by atoms with Gasteiger partial charge in [0.15, 0.2) is 11.0 Å². The van der Waals surface area contributed by atoms with E-state index in [1.807, 2.05) is 35.9 Å². The van der Waals surface area contributed by atoms with Gasteiger partial charge in [-0.3, -0.25) is 4.98 Å². The molecule has 3 aromatic heterocycles. The Labute approximate surface area is 167 Å². The Morgan fingerprint density at radius 1 is 1.00 bits per heavy atom. The maximum atomic E-state index is 5.40. The number of benzene rings is 1. The van der Waals surface area contributed by atoms with Crippen molar-refractivity contribution in [3.05, 3.63) is 60.2 Å². The van der Waals surface area contributed by atoms with Gasteiger partial charge in [0.1, 0.15) is 0 Å². The lowest BCUT2D eigenvalue weighted by molar-refractivity contribution is 0.391. The molecule has 0 amide bonds. The average molecular weight is 392 g/mol. The molecule has 0 aliphatic heterocycles. The van der Waals surface area contributed by atoms with Crippen molar-refractivity contribution in [2.45, 2.75) is 30.7 Å². The molecule has 0 saturated heterocycles. The highest BCUT2D eigenvalue weighted by Crippen LogP contribution is 2.26. The molecule has 0 atom stereocenters. The van der Waals surface area contributed by atoms with Crippen molar-refractivity contribution in [2.24, 2.45) is 7.05 Å². The van der Waals surface area contributed by atoms with Crippen molar-refractivity contribution < 1.29 is 4.52 Å². The maximum absolute atomic E-state index is 5.40. The lowest BCUT2D eigenvalue weighted by Crippen LogP contribution is -1.95. The minimum Gasteiger partial charge on any atom is -0.338 e. The van der Waals surface area contributed by atoms with Gasteiger partial charge in [0, 0.05) is 30.6 Å². The smallest absolute Gasteiger partial charge is 0.237 e. The predicted octanol–water partition coefficient (Wildman–Crippen LogP) is 4.34. The van der Waals surface area contributed by atoms with Gasteiger partial charge in [0.05, 0.1) is 5.75 Å². The Morgan fingerprint density at radius 2 is 1.75 bits per heavy atom. The van der Waals surface area contributed by atoms with Gasteiger partial charge in [-0.05, 0) is 23.6 Å². The van der Waals surface area contributed by atoms with Crippen LogP contribution in [0.2, 0.25) is 0 Å². The summed E-state index contributed by atoms with van der Waals surface area (Å²) in [7, 11) is 1.94. The minimum absolute atomic E-state index is 0.495. The normalized spacial score (nSPS) is 11.3. The van der Waals surface area contributed by atoms with Crippen LogP contribution in [-0.4, -0.2) is 29.9 Å². The summed E-state index contributed by atoms with van der Waals surface area (Å²) in [5.74, 6) is 2.97. The number of hydrogen-bond acceptors (Lipinski definition) is 7. The summed E-state index contributed by atoms with van der Waals surface area (Å²) < 4.78 is 7.35. The molecule has 0 spiro atoms. The standard InChI is InChI=1S/C20H20N6OS/c1-13(2)14-4-6-15(7-5-14)18-22-17(27-25-18)12-28-20-24-23-19(26(20)3)16-8-10-21-11-9-16/h4-11,13H,12H2,1-3H3. The quantitative estimate of drug-likeness (QED) is 0.451. The first kappa shape index (κ1) is 18.4. The number of nitrogens with zero attached hydrogens (tertiary/aromatic N) is 6. The van der Waals surface area contributed by atoms with Gasteiger partial charge >= 0.3 is 0 Å². The summed E-state index contributed by atoms with van der Waals surface area (Å²) in [5.41, 5.74) is 3.21. The molecule has 0 aliphatic carbocycles. The van der Waals surface area contributed by atoms with Crippen molar-refractivity contribution in [1.29, 1.82) is 0 Å². The van der Waals surface area contributed by atoms with E-state index < -0.39 is 0 Å². The van der Waals surface area contributed by atoms with E-state index >= 15 is 0 Å². The first-order chi connectivity index (χ1) is 13.6. The van der Waals surface area contributed by atoms with Gasteiger partial charge in [0.2, 0.25) is 11.7 Å². The topological polar surface area (TPSA) is 82.5 Å². The zero-order valence-electron chi connectivity index (χ0n) is 15.9. The molecule has 8 heteroatoms. The Morgan fingerprint density at radius 3 is 2.46 bits per heavy atom. The maximum Gasteiger partial charge on any atom is 0.237 e. The van der Waals surface area contributed by atoms with Gasteiger partial charge in [-0.1, -0.05) is 55.0 Å². The second-order valence-corrected chi connectivity index (χ2v) is 7.62. The third-order valence-electron chi connectivity index (χ3n) is 4.40. The van der Waals surface area contributed by atoms with Gasteiger partial charge in [0.25, 0.3) is 0 Å². The summed E-state index contributed by atoms with van der Waals surface area (Å²) in [6, 6.07) is 12.1.